The molecule has 4 aliphatic carbocycles. The van der Waals surface area contributed by atoms with Gasteiger partial charge in [0.25, 0.3) is 0 Å². The van der Waals surface area contributed by atoms with Crippen LogP contribution in [-0.2, 0) is 5.41 Å². The van der Waals surface area contributed by atoms with E-state index in [4.69, 9.17) is 0 Å². The van der Waals surface area contributed by atoms with Crippen molar-refractivity contribution in [3.05, 3.63) is 136 Å². The summed E-state index contributed by atoms with van der Waals surface area (Å²) >= 11 is 0. The predicted octanol–water partition coefficient (Wildman–Crippen LogP) is 6.33. The number of allylic oxidation sites excluding steroid dienone is 12. The lowest BCUT2D eigenvalue weighted by atomic mass is 9.78. The Balaban J connectivity index is 1.46. The van der Waals surface area contributed by atoms with Crippen molar-refractivity contribution in [3.8, 4) is 0 Å². The fourth-order valence-corrected chi connectivity index (χ4v) is 6.04. The van der Waals surface area contributed by atoms with Crippen molar-refractivity contribution in [2.45, 2.75) is 44.2 Å². The molecule has 0 saturated heterocycles. The highest BCUT2D eigenvalue weighted by Gasteiger charge is 2.45. The second-order valence-electron chi connectivity index (χ2n) is 9.92. The van der Waals surface area contributed by atoms with Crippen molar-refractivity contribution < 1.29 is 0 Å². The van der Waals surface area contributed by atoms with Crippen LogP contribution in [0.15, 0.2) is 125 Å². The van der Waals surface area contributed by atoms with E-state index >= 15 is 0 Å². The summed E-state index contributed by atoms with van der Waals surface area (Å²) in [6.07, 6.45) is 23.8. The quantitative estimate of drug-likeness (QED) is 0.586. The zero-order valence-corrected chi connectivity index (χ0v) is 19.4. The smallest absolute Gasteiger partial charge is 0.0720 e. The minimum absolute atomic E-state index is 0.0207. The van der Waals surface area contributed by atoms with Crippen LogP contribution in [0.25, 0.3) is 5.57 Å². The van der Waals surface area contributed by atoms with Gasteiger partial charge in [-0.05, 0) is 75.8 Å². The van der Waals surface area contributed by atoms with E-state index in [0.717, 1.165) is 18.4 Å². The fraction of sp³-hybridized carbons (Fsp3) is 0.226. The van der Waals surface area contributed by atoms with Crippen LogP contribution in [0, 0.1) is 0 Å². The maximum absolute atomic E-state index is 4.54. The summed E-state index contributed by atoms with van der Waals surface area (Å²) in [4.78, 5) is 0. The highest BCUT2D eigenvalue weighted by Crippen LogP contribution is 2.57. The van der Waals surface area contributed by atoms with E-state index in [1.54, 1.807) is 0 Å². The molecule has 0 spiro atoms. The van der Waals surface area contributed by atoms with Crippen molar-refractivity contribution in [2.24, 2.45) is 0 Å². The molecule has 0 aromatic heterocycles. The van der Waals surface area contributed by atoms with Gasteiger partial charge in [0, 0.05) is 11.1 Å². The fourth-order valence-electron chi connectivity index (χ4n) is 6.04. The van der Waals surface area contributed by atoms with Crippen LogP contribution in [-0.4, -0.2) is 12.1 Å². The molecule has 0 amide bonds. The van der Waals surface area contributed by atoms with E-state index in [0.29, 0.717) is 0 Å². The predicted molar refractivity (Wildman–Crippen MR) is 138 cm³/mol. The van der Waals surface area contributed by atoms with E-state index < -0.39 is 0 Å². The highest BCUT2D eigenvalue weighted by atomic mass is 15.0. The Hall–Kier alpha value is -3.52. The highest BCUT2D eigenvalue weighted by molar-refractivity contribution is 5.97. The Bertz CT molecular complexity index is 1300. The second kappa shape index (κ2) is 7.52. The number of benzene rings is 1. The molecule has 2 N–H and O–H groups in total. The van der Waals surface area contributed by atoms with Crippen LogP contribution >= 0.6 is 0 Å². The van der Waals surface area contributed by atoms with E-state index in [1.165, 1.54) is 44.7 Å². The van der Waals surface area contributed by atoms with E-state index in [1.807, 2.05) is 0 Å². The maximum Gasteiger partial charge on any atom is 0.0720 e. The SMILES string of the molecule is C=C1/C=C\C=C/NC(C2=CC=CC2NC2=CCC=C2)C2=C1C1=C(C2)C(C)(C)c2ccccc21. The third kappa shape index (κ3) is 3.08. The molecule has 2 atom stereocenters. The summed E-state index contributed by atoms with van der Waals surface area (Å²) in [6.45, 7) is 9.29. The molecule has 0 bridgehead atoms. The molecular formula is C31H30N2. The standard InChI is InChI=1S/C31H30N2/c1-20-11-8-9-18-32-30(23-15-10-17-27(23)33-21-12-4-5-13-21)24-19-26-29(28(20)24)22-14-6-7-16-25(22)31(26,2)3/h4,6-18,27,30,32-33H,1,5,19H2,2-3H3/b11-8-,18-9-. The average molecular weight is 431 g/mol. The first kappa shape index (κ1) is 20.1. The lowest BCUT2D eigenvalue weighted by Crippen LogP contribution is -2.38. The van der Waals surface area contributed by atoms with Crippen molar-refractivity contribution in [2.75, 3.05) is 0 Å². The maximum atomic E-state index is 4.54. The molecule has 33 heavy (non-hydrogen) atoms. The summed E-state index contributed by atoms with van der Waals surface area (Å²) in [7, 11) is 0. The first-order valence-corrected chi connectivity index (χ1v) is 11.9. The number of rotatable bonds is 3. The number of fused-ring (bicyclic) bond motifs is 3. The molecule has 0 saturated carbocycles. The molecule has 1 heterocycles. The Morgan fingerprint density at radius 3 is 2.79 bits per heavy atom. The van der Waals surface area contributed by atoms with Crippen LogP contribution in [0.1, 0.15) is 37.8 Å². The summed E-state index contributed by atoms with van der Waals surface area (Å²) in [5.74, 6) is 0. The molecular weight excluding hydrogens is 400 g/mol. The van der Waals surface area contributed by atoms with Gasteiger partial charge < -0.3 is 10.6 Å². The Morgan fingerprint density at radius 2 is 1.94 bits per heavy atom. The third-order valence-corrected chi connectivity index (χ3v) is 7.68. The molecule has 1 aromatic rings. The lowest BCUT2D eigenvalue weighted by Gasteiger charge is -2.30. The number of nitrogens with one attached hydrogen (secondary N) is 2. The van der Waals surface area contributed by atoms with Gasteiger partial charge in [0.15, 0.2) is 0 Å². The van der Waals surface area contributed by atoms with Gasteiger partial charge in [-0.1, -0.05) is 87.2 Å². The van der Waals surface area contributed by atoms with Crippen LogP contribution in [0.2, 0.25) is 0 Å². The summed E-state index contributed by atoms with van der Waals surface area (Å²) in [5, 5.41) is 7.48. The largest absolute Gasteiger partial charge is 0.381 e. The summed E-state index contributed by atoms with van der Waals surface area (Å²) < 4.78 is 0. The molecule has 0 fully saturated rings. The van der Waals surface area contributed by atoms with Gasteiger partial charge in [0.1, 0.15) is 0 Å². The van der Waals surface area contributed by atoms with Gasteiger partial charge in [-0.15, -0.1) is 0 Å². The topological polar surface area (TPSA) is 24.1 Å². The van der Waals surface area contributed by atoms with Crippen molar-refractivity contribution in [3.63, 3.8) is 0 Å². The van der Waals surface area contributed by atoms with Crippen molar-refractivity contribution in [1.29, 1.82) is 0 Å². The van der Waals surface area contributed by atoms with Crippen LogP contribution < -0.4 is 10.6 Å². The molecule has 1 aromatic carbocycles. The lowest BCUT2D eigenvalue weighted by molar-refractivity contribution is 0.603. The number of hydrogen-bond acceptors (Lipinski definition) is 2. The van der Waals surface area contributed by atoms with Gasteiger partial charge in [-0.2, -0.15) is 0 Å². The minimum atomic E-state index is 0.0207. The number of hydrogen-bond donors (Lipinski definition) is 2. The van der Waals surface area contributed by atoms with E-state index in [-0.39, 0.29) is 17.5 Å². The van der Waals surface area contributed by atoms with Crippen molar-refractivity contribution in [1.82, 2.24) is 10.6 Å². The van der Waals surface area contributed by atoms with Crippen LogP contribution in [0.4, 0.5) is 0 Å². The van der Waals surface area contributed by atoms with Gasteiger partial charge in [-0.25, -0.2) is 0 Å². The van der Waals surface area contributed by atoms with Crippen molar-refractivity contribution >= 4 is 5.57 Å². The average Bonchev–Trinajstić information content (AvgIpc) is 3.58. The van der Waals surface area contributed by atoms with Crippen LogP contribution in [0.3, 0.4) is 0 Å². The van der Waals surface area contributed by atoms with Gasteiger partial charge in [0.2, 0.25) is 0 Å². The zero-order chi connectivity index (χ0) is 22.6. The molecule has 164 valence electrons. The normalized spacial score (nSPS) is 28.4. The first-order valence-electron chi connectivity index (χ1n) is 11.9. The first-order chi connectivity index (χ1) is 16.1. The Morgan fingerprint density at radius 1 is 1.06 bits per heavy atom. The van der Waals surface area contributed by atoms with Crippen LogP contribution in [0.5, 0.6) is 0 Å². The molecule has 1 aliphatic heterocycles. The molecule has 2 nitrogen and oxygen atoms in total. The Labute approximate surface area is 196 Å². The molecule has 6 rings (SSSR count). The molecule has 5 aliphatic rings. The third-order valence-electron chi connectivity index (χ3n) is 7.68. The monoisotopic (exact) mass is 430 g/mol. The molecule has 2 unspecified atom stereocenters. The summed E-state index contributed by atoms with van der Waals surface area (Å²) in [5.41, 5.74) is 12.2. The molecule has 2 heteroatoms. The summed E-state index contributed by atoms with van der Waals surface area (Å²) in [6, 6.07) is 9.21. The van der Waals surface area contributed by atoms with Gasteiger partial charge in [0.05, 0.1) is 12.1 Å². The van der Waals surface area contributed by atoms with E-state index in [9.17, 15) is 0 Å². The van der Waals surface area contributed by atoms with Gasteiger partial charge >= 0.3 is 0 Å². The minimum Gasteiger partial charge on any atom is -0.381 e. The van der Waals surface area contributed by atoms with E-state index in [2.05, 4.69) is 116 Å². The molecule has 0 radical (unpaired) electrons. The second-order valence-corrected chi connectivity index (χ2v) is 9.92. The van der Waals surface area contributed by atoms with Gasteiger partial charge in [-0.3, -0.25) is 0 Å². The Kier molecular flexibility index (Phi) is 4.58. The zero-order valence-electron chi connectivity index (χ0n) is 19.4.